The van der Waals surface area contributed by atoms with E-state index in [4.69, 9.17) is 0 Å². The van der Waals surface area contributed by atoms with Crippen LogP contribution in [0.25, 0.3) is 0 Å². The van der Waals surface area contributed by atoms with Gasteiger partial charge in [0.1, 0.15) is 6.61 Å². The zero-order chi connectivity index (χ0) is 13.6. The third-order valence-corrected chi connectivity index (χ3v) is 3.72. The van der Waals surface area contributed by atoms with Gasteiger partial charge in [0.2, 0.25) is 6.08 Å². The molecule has 7 heteroatoms. The number of nitrogens with zero attached hydrogens (tertiary/aromatic N) is 1. The first-order chi connectivity index (χ1) is 8.45. The third kappa shape index (κ3) is 4.12. The van der Waals surface area contributed by atoms with Crippen LogP contribution in [0.1, 0.15) is 6.92 Å². The Hall–Kier alpha value is -1.98. The van der Waals surface area contributed by atoms with Crippen LogP contribution in [0.15, 0.2) is 34.2 Å². The van der Waals surface area contributed by atoms with Crippen LogP contribution in [0.5, 0.6) is 0 Å². The number of ether oxygens (including phenoxy) is 1. The molecule has 0 aliphatic heterocycles. The van der Waals surface area contributed by atoms with Crippen molar-refractivity contribution in [2.24, 2.45) is 4.99 Å². The van der Waals surface area contributed by atoms with E-state index in [-0.39, 0.29) is 17.3 Å². The first kappa shape index (κ1) is 14.1. The molecule has 0 aliphatic carbocycles. The fraction of sp³-hybridized carbons (Fsp3) is 0.273. The van der Waals surface area contributed by atoms with Crippen LogP contribution >= 0.6 is 0 Å². The number of carbonyl (C=O) groups is 1. The smallest absolute Gasteiger partial charge is 0.302 e. The van der Waals surface area contributed by atoms with Crippen LogP contribution in [-0.2, 0) is 24.2 Å². The van der Waals surface area contributed by atoms with Gasteiger partial charge in [-0.1, -0.05) is 0 Å². The lowest BCUT2D eigenvalue weighted by Gasteiger charge is -2.04. The summed E-state index contributed by atoms with van der Waals surface area (Å²) in [6.07, 6.45) is 1.36. The van der Waals surface area contributed by atoms with Gasteiger partial charge in [-0.25, -0.2) is 13.2 Å². The average Bonchev–Trinajstić information content (AvgIpc) is 2.29. The SMILES string of the molecule is CC(=O)OCCS(=O)(=O)c1ccc(N=C=O)cc1. The summed E-state index contributed by atoms with van der Waals surface area (Å²) in [6, 6.07) is 5.45. The normalized spacial score (nSPS) is 10.5. The fourth-order valence-corrected chi connectivity index (χ4v) is 2.28. The summed E-state index contributed by atoms with van der Waals surface area (Å²) < 4.78 is 28.1. The van der Waals surface area contributed by atoms with Crippen molar-refractivity contribution in [3.63, 3.8) is 0 Å². The number of isocyanates is 1. The lowest BCUT2D eigenvalue weighted by atomic mass is 10.3. The van der Waals surface area contributed by atoms with Crippen molar-refractivity contribution < 1.29 is 22.7 Å². The van der Waals surface area contributed by atoms with Crippen molar-refractivity contribution in [1.82, 2.24) is 0 Å². The van der Waals surface area contributed by atoms with Crippen LogP contribution in [0, 0.1) is 0 Å². The monoisotopic (exact) mass is 269 g/mol. The van der Waals surface area contributed by atoms with Crippen molar-refractivity contribution in [1.29, 1.82) is 0 Å². The molecular weight excluding hydrogens is 258 g/mol. The van der Waals surface area contributed by atoms with E-state index in [9.17, 15) is 18.0 Å². The van der Waals surface area contributed by atoms with E-state index in [1.54, 1.807) is 0 Å². The molecule has 0 atom stereocenters. The minimum Gasteiger partial charge on any atom is -0.465 e. The van der Waals surface area contributed by atoms with Crippen LogP contribution in [0.3, 0.4) is 0 Å². The van der Waals surface area contributed by atoms with Crippen molar-refractivity contribution in [3.05, 3.63) is 24.3 Å². The first-order valence-corrected chi connectivity index (χ1v) is 6.65. The van der Waals surface area contributed by atoms with Crippen LogP contribution < -0.4 is 0 Å². The molecule has 0 saturated heterocycles. The zero-order valence-corrected chi connectivity index (χ0v) is 10.4. The molecule has 0 amide bonds. The summed E-state index contributed by atoms with van der Waals surface area (Å²) in [5, 5.41) is 0. The molecule has 0 spiro atoms. The van der Waals surface area contributed by atoms with E-state index >= 15 is 0 Å². The lowest BCUT2D eigenvalue weighted by Crippen LogP contribution is -2.14. The number of rotatable bonds is 5. The molecule has 0 fully saturated rings. The maximum absolute atomic E-state index is 11.8. The number of hydrogen-bond donors (Lipinski definition) is 0. The number of aliphatic imine (C=N–C) groups is 1. The highest BCUT2D eigenvalue weighted by Gasteiger charge is 2.14. The van der Waals surface area contributed by atoms with Gasteiger partial charge in [-0.05, 0) is 24.3 Å². The summed E-state index contributed by atoms with van der Waals surface area (Å²) >= 11 is 0. The van der Waals surface area contributed by atoms with E-state index in [0.29, 0.717) is 5.69 Å². The summed E-state index contributed by atoms with van der Waals surface area (Å²) in [6.45, 7) is 1.02. The molecule has 1 aromatic carbocycles. The maximum atomic E-state index is 11.8. The molecule has 0 unspecified atom stereocenters. The van der Waals surface area contributed by atoms with Gasteiger partial charge in [0.25, 0.3) is 0 Å². The first-order valence-electron chi connectivity index (χ1n) is 5.00. The zero-order valence-electron chi connectivity index (χ0n) is 9.62. The number of carbonyl (C=O) groups excluding carboxylic acids is 2. The topological polar surface area (TPSA) is 89.9 Å². The van der Waals surface area contributed by atoms with Crippen molar-refractivity contribution in [2.45, 2.75) is 11.8 Å². The highest BCUT2D eigenvalue weighted by atomic mass is 32.2. The fourth-order valence-electron chi connectivity index (χ4n) is 1.19. The van der Waals surface area contributed by atoms with Crippen LogP contribution in [0.4, 0.5) is 5.69 Å². The average molecular weight is 269 g/mol. The Morgan fingerprint density at radius 1 is 1.33 bits per heavy atom. The largest absolute Gasteiger partial charge is 0.465 e. The standard InChI is InChI=1S/C11H11NO5S/c1-9(14)17-6-7-18(15,16)11-4-2-10(3-5-11)12-8-13/h2-5H,6-7H2,1H3. The molecule has 0 saturated carbocycles. The Bertz CT molecular complexity index is 570. The minimum absolute atomic E-state index is 0.0829. The highest BCUT2D eigenvalue weighted by molar-refractivity contribution is 7.91. The summed E-state index contributed by atoms with van der Waals surface area (Å²) in [5.41, 5.74) is 0.323. The highest BCUT2D eigenvalue weighted by Crippen LogP contribution is 2.17. The molecule has 1 rings (SSSR count). The van der Waals surface area contributed by atoms with Crippen molar-refractivity contribution in [2.75, 3.05) is 12.4 Å². The number of hydrogen-bond acceptors (Lipinski definition) is 6. The molecule has 0 aromatic heterocycles. The second-order valence-electron chi connectivity index (χ2n) is 3.36. The predicted molar refractivity (Wildman–Crippen MR) is 62.9 cm³/mol. The van der Waals surface area contributed by atoms with E-state index in [2.05, 4.69) is 9.73 Å². The molecular formula is C11H11NO5S. The number of sulfone groups is 1. The molecule has 1 aromatic rings. The van der Waals surface area contributed by atoms with E-state index in [1.807, 2.05) is 0 Å². The Morgan fingerprint density at radius 2 is 1.94 bits per heavy atom. The second kappa shape index (κ2) is 6.09. The van der Waals surface area contributed by atoms with Gasteiger partial charge in [-0.15, -0.1) is 0 Å². The predicted octanol–water partition coefficient (Wildman–Crippen LogP) is 0.991. The van der Waals surface area contributed by atoms with Gasteiger partial charge in [-0.3, -0.25) is 4.79 Å². The Balaban J connectivity index is 2.78. The van der Waals surface area contributed by atoms with Gasteiger partial charge in [-0.2, -0.15) is 4.99 Å². The Kier molecular flexibility index (Phi) is 4.76. The molecule has 0 N–H and O–H groups in total. The summed E-state index contributed by atoms with van der Waals surface area (Å²) in [5.74, 6) is -0.816. The van der Waals surface area contributed by atoms with Gasteiger partial charge in [0, 0.05) is 6.92 Å². The van der Waals surface area contributed by atoms with E-state index in [0.717, 1.165) is 0 Å². The van der Waals surface area contributed by atoms with Gasteiger partial charge >= 0.3 is 5.97 Å². The second-order valence-corrected chi connectivity index (χ2v) is 5.47. The molecule has 0 bridgehead atoms. The number of benzene rings is 1. The van der Waals surface area contributed by atoms with Gasteiger partial charge in [0.05, 0.1) is 16.3 Å². The molecule has 0 aliphatic rings. The number of esters is 1. The van der Waals surface area contributed by atoms with Crippen LogP contribution in [-0.4, -0.2) is 32.8 Å². The molecule has 18 heavy (non-hydrogen) atoms. The van der Waals surface area contributed by atoms with E-state index in [1.165, 1.54) is 37.3 Å². The Morgan fingerprint density at radius 3 is 2.44 bits per heavy atom. The van der Waals surface area contributed by atoms with Crippen molar-refractivity contribution >= 4 is 27.6 Å². The minimum atomic E-state index is -3.51. The molecule has 96 valence electrons. The third-order valence-electron chi connectivity index (χ3n) is 2.03. The van der Waals surface area contributed by atoms with Gasteiger partial charge < -0.3 is 4.74 Å². The lowest BCUT2D eigenvalue weighted by molar-refractivity contribution is -0.140. The quantitative estimate of drug-likeness (QED) is 0.451. The van der Waals surface area contributed by atoms with Gasteiger partial charge in [0.15, 0.2) is 9.84 Å². The maximum Gasteiger partial charge on any atom is 0.302 e. The molecule has 0 radical (unpaired) electrons. The van der Waals surface area contributed by atoms with Crippen LogP contribution in [0.2, 0.25) is 0 Å². The van der Waals surface area contributed by atoms with Crippen molar-refractivity contribution in [3.8, 4) is 0 Å². The summed E-state index contributed by atoms with van der Waals surface area (Å²) in [4.78, 5) is 23.9. The molecule has 6 nitrogen and oxygen atoms in total. The summed E-state index contributed by atoms with van der Waals surface area (Å²) in [7, 11) is -3.51. The van der Waals surface area contributed by atoms with E-state index < -0.39 is 15.8 Å². The molecule has 0 heterocycles. The Labute approximate surface area is 104 Å².